The molecule has 148 valence electrons. The number of amides is 1. The van der Waals surface area contributed by atoms with Crippen molar-refractivity contribution in [1.82, 2.24) is 10.2 Å². The molecule has 2 aliphatic carbocycles. The third-order valence-corrected chi connectivity index (χ3v) is 5.83. The van der Waals surface area contributed by atoms with E-state index in [1.807, 2.05) is 12.3 Å². The Morgan fingerprint density at radius 3 is 2.81 bits per heavy atom. The highest BCUT2D eigenvalue weighted by Gasteiger charge is 2.45. The van der Waals surface area contributed by atoms with Gasteiger partial charge in [-0.15, -0.1) is 0 Å². The van der Waals surface area contributed by atoms with Crippen molar-refractivity contribution in [3.8, 4) is 0 Å². The molecule has 5 nitrogen and oxygen atoms in total. The van der Waals surface area contributed by atoms with Crippen LogP contribution in [0.15, 0.2) is 23.9 Å². The quantitative estimate of drug-likeness (QED) is 0.434. The van der Waals surface area contributed by atoms with Crippen molar-refractivity contribution in [2.24, 2.45) is 17.8 Å². The number of hydrogen-bond acceptors (Lipinski definition) is 4. The molecule has 2 fully saturated rings. The molecule has 0 aliphatic heterocycles. The summed E-state index contributed by atoms with van der Waals surface area (Å²) < 4.78 is 0. The summed E-state index contributed by atoms with van der Waals surface area (Å²) in [6.45, 7) is 2.48. The highest BCUT2D eigenvalue weighted by atomic mass is 16.3. The number of aliphatic hydroxyl groups is 2. The maximum absolute atomic E-state index is 11.6. The van der Waals surface area contributed by atoms with Crippen molar-refractivity contribution in [3.05, 3.63) is 23.9 Å². The Hall–Kier alpha value is -1.33. The Labute approximate surface area is 158 Å². The maximum atomic E-state index is 11.6. The minimum atomic E-state index is -0.400. The first kappa shape index (κ1) is 21.0. The molecule has 0 aromatic carbocycles. The van der Waals surface area contributed by atoms with Crippen LogP contribution in [0.1, 0.15) is 51.9 Å². The van der Waals surface area contributed by atoms with E-state index < -0.39 is 6.10 Å². The Balaban J connectivity index is 1.84. The average Bonchev–Trinajstić information content (AvgIpc) is 3.09. The Morgan fingerprint density at radius 1 is 1.35 bits per heavy atom. The van der Waals surface area contributed by atoms with E-state index in [0.29, 0.717) is 18.4 Å². The van der Waals surface area contributed by atoms with E-state index in [-0.39, 0.29) is 17.9 Å². The maximum Gasteiger partial charge on any atom is 0.241 e. The van der Waals surface area contributed by atoms with Crippen molar-refractivity contribution in [2.45, 2.75) is 64.1 Å². The van der Waals surface area contributed by atoms with Crippen molar-refractivity contribution in [3.63, 3.8) is 0 Å². The van der Waals surface area contributed by atoms with Gasteiger partial charge >= 0.3 is 0 Å². The molecule has 0 heterocycles. The third kappa shape index (κ3) is 5.85. The molecule has 26 heavy (non-hydrogen) atoms. The van der Waals surface area contributed by atoms with Crippen LogP contribution < -0.4 is 5.32 Å². The van der Waals surface area contributed by atoms with Crippen LogP contribution in [-0.2, 0) is 4.79 Å². The second-order valence-corrected chi connectivity index (χ2v) is 8.13. The van der Waals surface area contributed by atoms with Gasteiger partial charge in [0.1, 0.15) is 0 Å². The van der Waals surface area contributed by atoms with E-state index in [2.05, 4.69) is 18.3 Å². The highest BCUT2D eigenvalue weighted by Crippen LogP contribution is 2.50. The van der Waals surface area contributed by atoms with E-state index in [4.69, 9.17) is 0 Å². The van der Waals surface area contributed by atoms with Gasteiger partial charge in [0.2, 0.25) is 5.91 Å². The predicted molar refractivity (Wildman–Crippen MR) is 104 cm³/mol. The van der Waals surface area contributed by atoms with Crippen LogP contribution in [-0.4, -0.2) is 53.9 Å². The molecular formula is C21H36N2O3. The van der Waals surface area contributed by atoms with Crippen LogP contribution in [0.2, 0.25) is 0 Å². The number of carbonyl (C=O) groups is 1. The molecule has 0 unspecified atom stereocenters. The van der Waals surface area contributed by atoms with Crippen molar-refractivity contribution in [1.29, 1.82) is 0 Å². The van der Waals surface area contributed by atoms with E-state index in [0.717, 1.165) is 44.9 Å². The molecule has 0 aromatic heterocycles. The summed E-state index contributed by atoms with van der Waals surface area (Å²) in [7, 11) is 3.51. The van der Waals surface area contributed by atoms with Gasteiger partial charge in [-0.05, 0) is 43.7 Å². The molecule has 0 spiro atoms. The Morgan fingerprint density at radius 2 is 2.12 bits per heavy atom. The minimum absolute atomic E-state index is 0.0633. The average molecular weight is 365 g/mol. The summed E-state index contributed by atoms with van der Waals surface area (Å²) in [6, 6.07) is 0. The van der Waals surface area contributed by atoms with Crippen LogP contribution >= 0.6 is 0 Å². The number of nitrogens with one attached hydrogen (secondary N) is 1. The molecule has 0 bridgehead atoms. The zero-order valence-electron chi connectivity index (χ0n) is 16.5. The van der Waals surface area contributed by atoms with Crippen molar-refractivity contribution < 1.29 is 15.0 Å². The van der Waals surface area contributed by atoms with Gasteiger partial charge in [-0.2, -0.15) is 0 Å². The predicted octanol–water partition coefficient (Wildman–Crippen LogP) is 2.45. The molecule has 2 saturated carbocycles. The zero-order valence-corrected chi connectivity index (χ0v) is 16.5. The van der Waals surface area contributed by atoms with Crippen LogP contribution in [0.25, 0.3) is 0 Å². The van der Waals surface area contributed by atoms with E-state index in [1.165, 1.54) is 5.57 Å². The number of unbranched alkanes of at least 4 members (excludes halogenated alkanes) is 2. The first-order valence-electron chi connectivity index (χ1n) is 10.1. The summed E-state index contributed by atoms with van der Waals surface area (Å²) in [5.74, 6) is 1.15. The first-order valence-corrected chi connectivity index (χ1v) is 10.1. The molecule has 1 amide bonds. The number of fused-ring (bicyclic) bond motifs is 1. The molecule has 2 aliphatic rings. The summed E-state index contributed by atoms with van der Waals surface area (Å²) in [5, 5.41) is 23.6. The van der Waals surface area contributed by atoms with Gasteiger partial charge in [-0.3, -0.25) is 4.79 Å². The van der Waals surface area contributed by atoms with Gasteiger partial charge in [-0.1, -0.05) is 43.9 Å². The fraction of sp³-hybridized carbons (Fsp3) is 0.762. The molecule has 2 rings (SSSR count). The summed E-state index contributed by atoms with van der Waals surface area (Å²) in [5.41, 5.74) is 1.33. The molecule has 0 aromatic rings. The SMILES string of the molecule is CCCCC[C@H](O)C=C[C@@H]1[C@H]2CC(=CNCC(=O)N(C)C)C[C@H]2C[C@H]1O. The van der Waals surface area contributed by atoms with E-state index in [9.17, 15) is 15.0 Å². The minimum Gasteiger partial charge on any atom is -0.392 e. The monoisotopic (exact) mass is 364 g/mol. The number of allylic oxidation sites excluding steroid dienone is 1. The lowest BCUT2D eigenvalue weighted by atomic mass is 9.90. The summed E-state index contributed by atoms with van der Waals surface area (Å²) in [4.78, 5) is 13.2. The molecular weight excluding hydrogens is 328 g/mol. The lowest BCUT2D eigenvalue weighted by Crippen LogP contribution is -2.30. The normalized spacial score (nSPS) is 30.7. The zero-order chi connectivity index (χ0) is 19.1. The fourth-order valence-corrected chi connectivity index (χ4v) is 4.29. The number of likely N-dealkylation sites (N-methyl/N-ethyl adjacent to an activating group) is 1. The van der Waals surface area contributed by atoms with Gasteiger partial charge in [-0.25, -0.2) is 0 Å². The molecule has 5 atom stereocenters. The lowest BCUT2D eigenvalue weighted by Gasteiger charge is -2.18. The number of nitrogens with zero attached hydrogens (tertiary/aromatic N) is 1. The Bertz CT molecular complexity index is 515. The van der Waals surface area contributed by atoms with Crippen LogP contribution in [0, 0.1) is 17.8 Å². The van der Waals surface area contributed by atoms with Gasteiger partial charge in [0, 0.05) is 20.0 Å². The molecule has 0 saturated heterocycles. The second kappa shape index (κ2) is 10.1. The van der Waals surface area contributed by atoms with Crippen LogP contribution in [0.4, 0.5) is 0 Å². The van der Waals surface area contributed by atoms with Gasteiger partial charge < -0.3 is 20.4 Å². The highest BCUT2D eigenvalue weighted by molar-refractivity contribution is 5.77. The van der Waals surface area contributed by atoms with Gasteiger partial charge in [0.05, 0.1) is 18.8 Å². The topological polar surface area (TPSA) is 72.8 Å². The summed E-state index contributed by atoms with van der Waals surface area (Å²) >= 11 is 0. The number of hydrogen-bond donors (Lipinski definition) is 3. The van der Waals surface area contributed by atoms with Crippen LogP contribution in [0.3, 0.4) is 0 Å². The fourth-order valence-electron chi connectivity index (χ4n) is 4.29. The number of aliphatic hydroxyl groups excluding tert-OH is 2. The van der Waals surface area contributed by atoms with E-state index >= 15 is 0 Å². The smallest absolute Gasteiger partial charge is 0.241 e. The molecule has 5 heteroatoms. The molecule has 3 N–H and O–H groups in total. The number of carbonyl (C=O) groups excluding carboxylic acids is 1. The first-order chi connectivity index (χ1) is 12.4. The van der Waals surface area contributed by atoms with Crippen LogP contribution in [0.5, 0.6) is 0 Å². The molecule has 0 radical (unpaired) electrons. The van der Waals surface area contributed by atoms with Gasteiger partial charge in [0.15, 0.2) is 0 Å². The number of rotatable bonds is 9. The second-order valence-electron chi connectivity index (χ2n) is 8.13. The summed E-state index contributed by atoms with van der Waals surface area (Å²) in [6.07, 6.45) is 12.2. The van der Waals surface area contributed by atoms with Crippen molar-refractivity contribution in [2.75, 3.05) is 20.6 Å². The largest absolute Gasteiger partial charge is 0.392 e. The standard InChI is InChI=1S/C21H36N2O3/c1-4-5-6-7-17(24)8-9-18-19-11-15(10-16(19)12-20(18)25)13-22-14-21(26)23(2)3/h8-9,13,16-20,22,24-25H,4-7,10-12,14H2,1-3H3/t16-,17-,18+,19-,20+/m0/s1. The Kier molecular flexibility index (Phi) is 8.16. The van der Waals surface area contributed by atoms with Crippen molar-refractivity contribution >= 4 is 5.91 Å². The third-order valence-electron chi connectivity index (χ3n) is 5.83. The lowest BCUT2D eigenvalue weighted by molar-refractivity contribution is -0.127. The van der Waals surface area contributed by atoms with E-state index in [1.54, 1.807) is 19.0 Å². The van der Waals surface area contributed by atoms with Gasteiger partial charge in [0.25, 0.3) is 0 Å².